The minimum Gasteiger partial charge on any atom is -0.477 e. The third-order valence-electron chi connectivity index (χ3n) is 0.926. The van der Waals surface area contributed by atoms with Gasteiger partial charge in [0.15, 0.2) is 0 Å². The summed E-state index contributed by atoms with van der Waals surface area (Å²) in [6.45, 7) is 2.23. The van der Waals surface area contributed by atoms with Crippen LogP contribution in [0.3, 0.4) is 0 Å². The van der Waals surface area contributed by atoms with Gasteiger partial charge in [-0.15, -0.1) is 0 Å². The lowest BCUT2D eigenvalue weighted by molar-refractivity contribution is -0.168. The van der Waals surface area contributed by atoms with Crippen LogP contribution in [0.1, 0.15) is 13.8 Å². The van der Waals surface area contributed by atoms with E-state index >= 15 is 0 Å². The Labute approximate surface area is 68.5 Å². The van der Waals surface area contributed by atoms with Crippen LogP contribution in [-0.2, 0) is 9.63 Å². The number of halogens is 2. The van der Waals surface area contributed by atoms with E-state index in [4.69, 9.17) is 5.11 Å². The van der Waals surface area contributed by atoms with Crippen molar-refractivity contribution in [3.05, 3.63) is 0 Å². The van der Waals surface area contributed by atoms with E-state index < -0.39 is 18.4 Å². The molecular formula is C6H11F2NO3. The molecule has 0 aromatic carbocycles. The van der Waals surface area contributed by atoms with Crippen molar-refractivity contribution < 1.29 is 23.5 Å². The molecule has 0 saturated carbocycles. The van der Waals surface area contributed by atoms with Crippen LogP contribution < -0.4 is 5.48 Å². The van der Waals surface area contributed by atoms with Crippen LogP contribution in [0.5, 0.6) is 0 Å². The molecule has 0 aliphatic rings. The monoisotopic (exact) mass is 183 g/mol. The number of alkyl halides is 2. The van der Waals surface area contributed by atoms with Crippen molar-refractivity contribution in [1.82, 2.24) is 5.48 Å². The summed E-state index contributed by atoms with van der Waals surface area (Å²) < 4.78 is 24.5. The number of carboxylic acid groups (broad SMARTS) is 1. The largest absolute Gasteiger partial charge is 0.477 e. The van der Waals surface area contributed by atoms with Crippen LogP contribution >= 0.6 is 0 Å². The fraction of sp³-hybridized carbons (Fsp3) is 0.833. The van der Waals surface area contributed by atoms with Gasteiger partial charge in [-0.1, -0.05) is 0 Å². The summed E-state index contributed by atoms with van der Waals surface area (Å²) >= 11 is 0. The molecule has 0 rings (SSSR count). The van der Waals surface area contributed by atoms with Crippen LogP contribution in [0.25, 0.3) is 0 Å². The van der Waals surface area contributed by atoms with Gasteiger partial charge in [-0.3, -0.25) is 4.84 Å². The molecule has 0 bridgehead atoms. The highest BCUT2D eigenvalue weighted by molar-refractivity contribution is 5.75. The lowest BCUT2D eigenvalue weighted by Gasteiger charge is -2.13. The number of hydrogen-bond donors (Lipinski definition) is 2. The van der Waals surface area contributed by atoms with E-state index in [2.05, 4.69) is 4.84 Å². The van der Waals surface area contributed by atoms with E-state index in [-0.39, 0.29) is 6.10 Å². The normalized spacial score (nSPS) is 12.1. The second kappa shape index (κ2) is 4.32. The second-order valence-corrected chi connectivity index (χ2v) is 2.50. The van der Waals surface area contributed by atoms with Crippen molar-refractivity contribution in [2.24, 2.45) is 0 Å². The van der Waals surface area contributed by atoms with Crippen molar-refractivity contribution >= 4 is 5.97 Å². The first-order valence-corrected chi connectivity index (χ1v) is 3.36. The predicted molar refractivity (Wildman–Crippen MR) is 36.8 cm³/mol. The predicted octanol–water partition coefficient (Wildman–Crippen LogP) is 0.636. The van der Waals surface area contributed by atoms with E-state index in [9.17, 15) is 13.6 Å². The number of nitrogens with one attached hydrogen (secondary N) is 1. The Kier molecular flexibility index (Phi) is 4.05. The Hall–Kier alpha value is -0.750. The number of hydroxylamine groups is 1. The van der Waals surface area contributed by atoms with Gasteiger partial charge in [0.2, 0.25) is 0 Å². The molecule has 0 heterocycles. The van der Waals surface area contributed by atoms with E-state index in [1.807, 2.05) is 5.48 Å². The summed E-state index contributed by atoms with van der Waals surface area (Å²) in [7, 11) is 0. The SMILES string of the molecule is CC(C)ONCC(F)(F)C(=O)O. The average molecular weight is 183 g/mol. The van der Waals surface area contributed by atoms with Gasteiger partial charge in [0.25, 0.3) is 0 Å². The fourth-order valence-electron chi connectivity index (χ4n) is 0.375. The Bertz CT molecular complexity index is 161. The molecule has 0 atom stereocenters. The topological polar surface area (TPSA) is 58.6 Å². The number of carboxylic acids is 1. The summed E-state index contributed by atoms with van der Waals surface area (Å²) in [6.07, 6.45) is -0.269. The zero-order valence-electron chi connectivity index (χ0n) is 6.80. The Morgan fingerprint density at radius 2 is 2.17 bits per heavy atom. The molecule has 2 N–H and O–H groups in total. The van der Waals surface area contributed by atoms with E-state index in [1.54, 1.807) is 13.8 Å². The third-order valence-corrected chi connectivity index (χ3v) is 0.926. The molecule has 0 aromatic heterocycles. The molecule has 0 saturated heterocycles. The first kappa shape index (κ1) is 11.2. The van der Waals surface area contributed by atoms with Crippen LogP contribution in [0.15, 0.2) is 0 Å². The number of rotatable bonds is 5. The lowest BCUT2D eigenvalue weighted by atomic mass is 10.3. The van der Waals surface area contributed by atoms with Crippen LogP contribution in [0, 0.1) is 0 Å². The summed E-state index contributed by atoms with van der Waals surface area (Å²) in [5, 5.41) is 7.96. The van der Waals surface area contributed by atoms with Gasteiger partial charge in [0, 0.05) is 0 Å². The van der Waals surface area contributed by atoms with Gasteiger partial charge in [0.05, 0.1) is 12.6 Å². The zero-order valence-corrected chi connectivity index (χ0v) is 6.80. The minimum absolute atomic E-state index is 0.269. The molecule has 72 valence electrons. The summed E-state index contributed by atoms with van der Waals surface area (Å²) in [6, 6.07) is 0. The first-order valence-electron chi connectivity index (χ1n) is 3.36. The highest BCUT2D eigenvalue weighted by Crippen LogP contribution is 2.11. The van der Waals surface area contributed by atoms with E-state index in [0.29, 0.717) is 0 Å². The number of carbonyl (C=O) groups is 1. The highest BCUT2D eigenvalue weighted by Gasteiger charge is 2.38. The van der Waals surface area contributed by atoms with Crippen LogP contribution in [0.4, 0.5) is 8.78 Å². The van der Waals surface area contributed by atoms with Gasteiger partial charge in [0.1, 0.15) is 0 Å². The molecule has 6 heteroatoms. The summed E-state index contributed by atoms with van der Waals surface area (Å²) in [5.74, 6) is -5.95. The number of aliphatic carboxylic acids is 1. The Morgan fingerprint density at radius 1 is 1.67 bits per heavy atom. The maximum atomic E-state index is 12.3. The lowest BCUT2D eigenvalue weighted by Crippen LogP contribution is -2.40. The maximum absolute atomic E-state index is 12.3. The standard InChI is InChI=1S/C6H11F2NO3/c1-4(2)12-9-3-6(7,8)5(10)11/h4,9H,3H2,1-2H3,(H,10,11). The Balaban J connectivity index is 3.69. The summed E-state index contributed by atoms with van der Waals surface area (Å²) in [4.78, 5) is 14.4. The molecule has 0 aromatic rings. The van der Waals surface area contributed by atoms with Crippen LogP contribution in [-0.4, -0.2) is 29.6 Å². The maximum Gasteiger partial charge on any atom is 0.376 e. The molecule has 0 aliphatic heterocycles. The van der Waals surface area contributed by atoms with Gasteiger partial charge in [-0.2, -0.15) is 14.3 Å². The smallest absolute Gasteiger partial charge is 0.376 e. The minimum atomic E-state index is -3.78. The fourth-order valence-corrected chi connectivity index (χ4v) is 0.375. The van der Waals surface area contributed by atoms with Gasteiger partial charge in [-0.05, 0) is 13.8 Å². The molecule has 0 spiro atoms. The average Bonchev–Trinajstić information content (AvgIpc) is 1.85. The van der Waals surface area contributed by atoms with Crippen molar-refractivity contribution in [3.63, 3.8) is 0 Å². The van der Waals surface area contributed by atoms with E-state index in [0.717, 1.165) is 0 Å². The first-order chi connectivity index (χ1) is 5.36. The molecule has 4 nitrogen and oxygen atoms in total. The molecule has 0 amide bonds. The van der Waals surface area contributed by atoms with Crippen molar-refractivity contribution in [1.29, 1.82) is 0 Å². The molecule has 12 heavy (non-hydrogen) atoms. The van der Waals surface area contributed by atoms with Gasteiger partial charge in [-0.25, -0.2) is 4.79 Å². The van der Waals surface area contributed by atoms with Gasteiger partial charge < -0.3 is 5.11 Å². The third kappa shape index (κ3) is 4.20. The molecule has 0 unspecified atom stereocenters. The number of hydrogen-bond acceptors (Lipinski definition) is 3. The zero-order chi connectivity index (χ0) is 9.78. The van der Waals surface area contributed by atoms with Crippen molar-refractivity contribution in [3.8, 4) is 0 Å². The van der Waals surface area contributed by atoms with Crippen molar-refractivity contribution in [2.75, 3.05) is 6.54 Å². The van der Waals surface area contributed by atoms with Crippen molar-refractivity contribution in [2.45, 2.75) is 25.9 Å². The molecule has 0 aliphatic carbocycles. The summed E-state index contributed by atoms with van der Waals surface area (Å²) in [5.41, 5.74) is 1.88. The molecule has 0 radical (unpaired) electrons. The highest BCUT2D eigenvalue weighted by atomic mass is 19.3. The molecular weight excluding hydrogens is 172 g/mol. The second-order valence-electron chi connectivity index (χ2n) is 2.50. The van der Waals surface area contributed by atoms with E-state index in [1.165, 1.54) is 0 Å². The quantitative estimate of drug-likeness (QED) is 0.614. The van der Waals surface area contributed by atoms with Crippen LogP contribution in [0.2, 0.25) is 0 Å². The van der Waals surface area contributed by atoms with Gasteiger partial charge >= 0.3 is 11.9 Å². The Morgan fingerprint density at radius 3 is 2.50 bits per heavy atom. The molecule has 0 fully saturated rings.